The highest BCUT2D eigenvalue weighted by Crippen LogP contribution is 2.38. The normalized spacial score (nSPS) is 17.4. The zero-order valence-corrected chi connectivity index (χ0v) is 17.1. The Kier molecular flexibility index (Phi) is 5.33. The number of benzene rings is 2. The molecular formula is C22H21N5O2S. The van der Waals surface area contributed by atoms with Crippen LogP contribution in [0.3, 0.4) is 0 Å². The topological polar surface area (TPSA) is 85.7 Å². The van der Waals surface area contributed by atoms with Gasteiger partial charge in [0.25, 0.3) is 0 Å². The molecule has 1 saturated heterocycles. The van der Waals surface area contributed by atoms with Crippen LogP contribution in [0.25, 0.3) is 10.9 Å². The first-order valence-electron chi connectivity index (χ1n) is 9.99. The smallest absolute Gasteiger partial charge is 0.210 e. The van der Waals surface area contributed by atoms with Crippen LogP contribution in [0.4, 0.5) is 0 Å². The Morgan fingerprint density at radius 2 is 2.03 bits per heavy atom. The van der Waals surface area contributed by atoms with Crippen LogP contribution in [-0.2, 0) is 11.3 Å². The number of carbonyl (C=O) groups excluding carboxylic acids is 1. The molecule has 1 N–H and O–H groups in total. The van der Waals surface area contributed by atoms with Crippen molar-refractivity contribution >= 4 is 28.4 Å². The van der Waals surface area contributed by atoms with Crippen LogP contribution in [0.2, 0.25) is 0 Å². The molecule has 0 bridgehead atoms. The van der Waals surface area contributed by atoms with E-state index in [-0.39, 0.29) is 11.9 Å². The van der Waals surface area contributed by atoms with Crippen molar-refractivity contribution in [1.82, 2.24) is 25.2 Å². The summed E-state index contributed by atoms with van der Waals surface area (Å²) >= 11 is 1.38. The number of hydrogen-bond donors (Lipinski definition) is 1. The van der Waals surface area contributed by atoms with E-state index in [1.165, 1.54) is 11.8 Å². The molecule has 4 aromatic rings. The lowest BCUT2D eigenvalue weighted by atomic mass is 10.0. The van der Waals surface area contributed by atoms with Crippen molar-refractivity contribution in [2.24, 2.45) is 0 Å². The lowest BCUT2D eigenvalue weighted by Gasteiger charge is -2.16. The predicted octanol–water partition coefficient (Wildman–Crippen LogP) is 4.05. The highest BCUT2D eigenvalue weighted by Gasteiger charge is 2.28. The summed E-state index contributed by atoms with van der Waals surface area (Å²) in [7, 11) is 0. The second kappa shape index (κ2) is 8.41. The molecule has 0 spiro atoms. The van der Waals surface area contributed by atoms with Gasteiger partial charge >= 0.3 is 0 Å². The minimum atomic E-state index is -0.459. The van der Waals surface area contributed by atoms with Crippen LogP contribution >= 0.6 is 11.8 Å². The largest absolute Gasteiger partial charge is 0.376 e. The molecule has 5 rings (SSSR count). The van der Waals surface area contributed by atoms with E-state index < -0.39 is 5.25 Å². The highest BCUT2D eigenvalue weighted by atomic mass is 32.2. The Morgan fingerprint density at radius 3 is 2.87 bits per heavy atom. The summed E-state index contributed by atoms with van der Waals surface area (Å²) in [4.78, 5) is 16.9. The van der Waals surface area contributed by atoms with Crippen LogP contribution in [0.15, 0.2) is 66.0 Å². The molecule has 0 aliphatic carbocycles. The molecule has 2 atom stereocenters. The Hall–Kier alpha value is -2.97. The number of rotatable bonds is 7. The number of nitrogens with zero attached hydrogens (tertiary/aromatic N) is 4. The van der Waals surface area contributed by atoms with E-state index in [9.17, 15) is 4.79 Å². The Bertz CT molecular complexity index is 1150. The van der Waals surface area contributed by atoms with Gasteiger partial charge in [-0.05, 0) is 34.9 Å². The Labute approximate surface area is 177 Å². The minimum Gasteiger partial charge on any atom is -0.376 e. The molecule has 0 saturated carbocycles. The van der Waals surface area contributed by atoms with E-state index in [0.29, 0.717) is 17.3 Å². The van der Waals surface area contributed by atoms with Gasteiger partial charge in [-0.25, -0.2) is 4.68 Å². The Morgan fingerprint density at radius 1 is 1.20 bits per heavy atom. The number of para-hydroxylation sites is 1. The standard InChI is InChI=1S/C22H21N5O2S/c28-20(18-13-23-19-11-5-4-10-17(18)19)21(15-7-2-1-3-8-15)30-22-24-25-26-27(22)14-16-9-6-12-29-16/h1-5,7-8,10-11,13,16,21,23H,6,9,12,14H2/t16-,21-/m1/s1. The van der Waals surface area contributed by atoms with Gasteiger partial charge in [-0.15, -0.1) is 5.10 Å². The molecule has 8 heteroatoms. The van der Waals surface area contributed by atoms with Gasteiger partial charge in [-0.3, -0.25) is 4.79 Å². The van der Waals surface area contributed by atoms with Crippen LogP contribution in [0.1, 0.15) is 34.0 Å². The van der Waals surface area contributed by atoms with Crippen molar-refractivity contribution < 1.29 is 9.53 Å². The molecular weight excluding hydrogens is 398 g/mol. The fourth-order valence-corrected chi connectivity index (χ4v) is 4.85. The first-order valence-corrected chi connectivity index (χ1v) is 10.9. The number of nitrogens with one attached hydrogen (secondary N) is 1. The van der Waals surface area contributed by atoms with Crippen molar-refractivity contribution in [2.75, 3.05) is 6.61 Å². The summed E-state index contributed by atoms with van der Waals surface area (Å²) in [6.45, 7) is 1.37. The molecule has 0 unspecified atom stereocenters. The van der Waals surface area contributed by atoms with Crippen molar-refractivity contribution in [1.29, 1.82) is 0 Å². The van der Waals surface area contributed by atoms with E-state index in [4.69, 9.17) is 4.74 Å². The Balaban J connectivity index is 1.48. The van der Waals surface area contributed by atoms with Crippen molar-refractivity contribution in [3.05, 3.63) is 71.9 Å². The molecule has 152 valence electrons. The third-order valence-corrected chi connectivity index (χ3v) is 6.54. The number of aromatic amines is 1. The summed E-state index contributed by atoms with van der Waals surface area (Å²) in [5.74, 6) is 0.0234. The second-order valence-electron chi connectivity index (χ2n) is 7.30. The lowest BCUT2D eigenvalue weighted by molar-refractivity contribution is 0.0911. The number of H-pyrrole nitrogens is 1. The van der Waals surface area contributed by atoms with E-state index in [2.05, 4.69) is 20.5 Å². The van der Waals surface area contributed by atoms with Gasteiger partial charge in [0.1, 0.15) is 5.25 Å². The number of ketones is 1. The molecule has 0 amide bonds. The first kappa shape index (κ1) is 19.0. The summed E-state index contributed by atoms with van der Waals surface area (Å²) in [6, 6.07) is 17.6. The fraction of sp³-hybridized carbons (Fsp3) is 0.273. The third-order valence-electron chi connectivity index (χ3n) is 5.32. The molecule has 1 aliphatic heterocycles. The number of ether oxygens (including phenoxy) is 1. The SMILES string of the molecule is O=C(c1c[nH]c2ccccc12)[C@H](Sc1nnnn1C[C@H]1CCCO1)c1ccccc1. The van der Waals surface area contributed by atoms with E-state index >= 15 is 0 Å². The zero-order valence-electron chi connectivity index (χ0n) is 16.3. The molecule has 7 nitrogen and oxygen atoms in total. The summed E-state index contributed by atoms with van der Waals surface area (Å²) in [5, 5.41) is 13.3. The molecule has 2 aromatic carbocycles. The number of fused-ring (bicyclic) bond motifs is 1. The second-order valence-corrected chi connectivity index (χ2v) is 8.37. The van der Waals surface area contributed by atoms with Gasteiger partial charge in [0.2, 0.25) is 5.16 Å². The average Bonchev–Trinajstić information content (AvgIpc) is 3.54. The number of Topliss-reactive ketones (excluding diaryl/α,β-unsaturated/α-hetero) is 1. The summed E-state index contributed by atoms with van der Waals surface area (Å²) in [6.07, 6.45) is 3.97. The zero-order chi connectivity index (χ0) is 20.3. The molecule has 30 heavy (non-hydrogen) atoms. The lowest BCUT2D eigenvalue weighted by Crippen LogP contribution is -2.18. The van der Waals surface area contributed by atoms with Gasteiger partial charge < -0.3 is 9.72 Å². The highest BCUT2D eigenvalue weighted by molar-refractivity contribution is 8.00. The van der Waals surface area contributed by atoms with E-state index in [0.717, 1.165) is 35.9 Å². The predicted molar refractivity (Wildman–Crippen MR) is 114 cm³/mol. The van der Waals surface area contributed by atoms with Gasteiger partial charge in [-0.2, -0.15) is 0 Å². The van der Waals surface area contributed by atoms with Crippen molar-refractivity contribution in [2.45, 2.75) is 35.9 Å². The molecule has 1 aliphatic rings. The number of aromatic nitrogens is 5. The number of thioether (sulfide) groups is 1. The van der Waals surface area contributed by atoms with Gasteiger partial charge in [0.05, 0.1) is 12.6 Å². The quantitative estimate of drug-likeness (QED) is 0.359. The molecule has 0 radical (unpaired) electrons. The molecule has 1 fully saturated rings. The van der Waals surface area contributed by atoms with Crippen molar-refractivity contribution in [3.8, 4) is 0 Å². The average molecular weight is 420 g/mol. The number of hydrogen-bond acceptors (Lipinski definition) is 6. The molecule has 3 heterocycles. The van der Waals surface area contributed by atoms with Crippen LogP contribution in [-0.4, -0.2) is 43.7 Å². The maximum Gasteiger partial charge on any atom is 0.210 e. The third kappa shape index (κ3) is 3.76. The van der Waals surface area contributed by atoms with Crippen LogP contribution in [0, 0.1) is 0 Å². The maximum absolute atomic E-state index is 13.7. The molecule has 2 aromatic heterocycles. The number of carbonyl (C=O) groups is 1. The van der Waals surface area contributed by atoms with Crippen molar-refractivity contribution in [3.63, 3.8) is 0 Å². The van der Waals surface area contributed by atoms with E-state index in [1.54, 1.807) is 10.9 Å². The van der Waals surface area contributed by atoms with Gasteiger partial charge in [0.15, 0.2) is 5.78 Å². The van der Waals surface area contributed by atoms with E-state index in [1.807, 2.05) is 54.6 Å². The van der Waals surface area contributed by atoms with Crippen LogP contribution < -0.4 is 0 Å². The van der Waals surface area contributed by atoms with Gasteiger partial charge in [-0.1, -0.05) is 60.3 Å². The monoisotopic (exact) mass is 419 g/mol. The van der Waals surface area contributed by atoms with Gasteiger partial charge in [0, 0.05) is 29.3 Å². The minimum absolute atomic E-state index is 0.0234. The van der Waals surface area contributed by atoms with Crippen LogP contribution in [0.5, 0.6) is 0 Å². The summed E-state index contributed by atoms with van der Waals surface area (Å²) in [5.41, 5.74) is 2.54. The fourth-order valence-electron chi connectivity index (χ4n) is 3.80. The first-order chi connectivity index (χ1) is 14.8. The maximum atomic E-state index is 13.7. The number of tetrazole rings is 1. The summed E-state index contributed by atoms with van der Waals surface area (Å²) < 4.78 is 7.48.